The highest BCUT2D eigenvalue weighted by Gasteiger charge is 2.67. The smallest absolute Gasteiger partial charge is 0.335 e. The molecule has 4 N–H and O–H groups in total. The van der Waals surface area contributed by atoms with E-state index in [1.54, 1.807) is 6.26 Å². The lowest BCUT2D eigenvalue weighted by Crippen LogP contribution is -2.61. The molecule has 1 aromatic heterocycles. The highest BCUT2D eigenvalue weighted by Crippen LogP contribution is 2.70. The summed E-state index contributed by atoms with van der Waals surface area (Å²) in [7, 11) is 0. The number of fused-ring (bicyclic) bond motifs is 5. The summed E-state index contributed by atoms with van der Waals surface area (Å²) in [6.07, 6.45) is 15.9. The highest BCUT2D eigenvalue weighted by atomic mass is 16.4. The zero-order valence-corrected chi connectivity index (χ0v) is 21.6. The molecule has 6 nitrogen and oxygen atoms in total. The molecule has 5 fully saturated rings. The Bertz CT molecular complexity index is 967. The number of aliphatic hydroxyl groups is 1. The van der Waals surface area contributed by atoms with Crippen LogP contribution in [0, 0.1) is 28.6 Å². The molecule has 5 aliphatic rings. The van der Waals surface area contributed by atoms with E-state index in [0.29, 0.717) is 23.2 Å². The van der Waals surface area contributed by atoms with Crippen LogP contribution in [-0.4, -0.2) is 29.2 Å². The van der Waals surface area contributed by atoms with Gasteiger partial charge in [0.05, 0.1) is 17.9 Å². The lowest BCUT2D eigenvalue weighted by Gasteiger charge is -2.63. The first-order valence-corrected chi connectivity index (χ1v) is 14.0. The lowest BCUT2D eigenvalue weighted by atomic mass is 9.43. The summed E-state index contributed by atoms with van der Waals surface area (Å²) in [4.78, 5) is 21.8. The van der Waals surface area contributed by atoms with E-state index < -0.39 is 5.60 Å². The van der Waals surface area contributed by atoms with Crippen molar-refractivity contribution in [2.24, 2.45) is 34.3 Å². The Labute approximate surface area is 209 Å². The molecule has 35 heavy (non-hydrogen) atoms. The van der Waals surface area contributed by atoms with Gasteiger partial charge in [0.2, 0.25) is 5.91 Å². The van der Waals surface area contributed by atoms with Crippen molar-refractivity contribution in [2.75, 3.05) is 6.54 Å². The van der Waals surface area contributed by atoms with Gasteiger partial charge in [0.25, 0.3) is 0 Å². The molecule has 6 heteroatoms. The zero-order valence-electron chi connectivity index (χ0n) is 21.6. The molecule has 2 heterocycles. The molecule has 0 aromatic carbocycles. The van der Waals surface area contributed by atoms with Gasteiger partial charge in [-0.3, -0.25) is 4.79 Å². The molecular weight excluding hydrogens is 440 g/mol. The van der Waals surface area contributed by atoms with Crippen molar-refractivity contribution in [1.29, 1.82) is 0 Å². The largest absolute Gasteiger partial charge is 0.431 e. The van der Waals surface area contributed by atoms with E-state index >= 15 is 0 Å². The Hall–Kier alpha value is -1.66. The Balaban J connectivity index is 0.000000271. The summed E-state index contributed by atoms with van der Waals surface area (Å²) in [6, 6.07) is 3.42. The van der Waals surface area contributed by atoms with Crippen LogP contribution in [0.4, 0.5) is 0 Å². The first-order valence-electron chi connectivity index (χ1n) is 14.0. The summed E-state index contributed by atoms with van der Waals surface area (Å²) >= 11 is 0. The van der Waals surface area contributed by atoms with Crippen LogP contribution in [0.25, 0.3) is 0 Å². The number of amides is 1. The van der Waals surface area contributed by atoms with Crippen molar-refractivity contribution in [1.82, 2.24) is 5.32 Å². The van der Waals surface area contributed by atoms with Gasteiger partial charge in [0.1, 0.15) is 0 Å². The Morgan fingerprint density at radius 3 is 2.49 bits per heavy atom. The monoisotopic (exact) mass is 484 g/mol. The molecule has 194 valence electrons. The lowest BCUT2D eigenvalue weighted by molar-refractivity contribution is -0.200. The topological polar surface area (TPSA) is 106 Å². The summed E-state index contributed by atoms with van der Waals surface area (Å²) in [5.74, 6) is 2.08. The summed E-state index contributed by atoms with van der Waals surface area (Å²) in [5.41, 5.74) is 5.58. The van der Waals surface area contributed by atoms with E-state index in [2.05, 4.69) is 19.2 Å². The molecule has 1 aromatic rings. The minimum atomic E-state index is -0.567. The maximum absolute atomic E-state index is 12.2. The standard InChI is InChI=1S/C24H34O3.C5H10N2O/c1-22-12-4-3-5-17(22)7-8-20-19(22)10-13-23(2)18(11-14-24(20,23)26)16-6-9-21(25)27-15-16;6-5(8)4-2-1-3-7-4/h6,9,15,17-20,26H,3-5,7-8,10-14H2,1-2H3;4,7H,1-3H2,(H2,6,8). The van der Waals surface area contributed by atoms with E-state index in [0.717, 1.165) is 50.1 Å². The van der Waals surface area contributed by atoms with Gasteiger partial charge in [0.15, 0.2) is 0 Å². The summed E-state index contributed by atoms with van der Waals surface area (Å²) in [5, 5.41) is 15.1. The third-order valence-electron chi connectivity index (χ3n) is 11.3. The van der Waals surface area contributed by atoms with Crippen molar-refractivity contribution in [2.45, 2.75) is 108 Å². The van der Waals surface area contributed by atoms with E-state index in [1.165, 1.54) is 51.0 Å². The minimum Gasteiger partial charge on any atom is -0.431 e. The van der Waals surface area contributed by atoms with Gasteiger partial charge < -0.3 is 20.6 Å². The van der Waals surface area contributed by atoms with Crippen molar-refractivity contribution in [3.05, 3.63) is 34.4 Å². The highest BCUT2D eigenvalue weighted by molar-refractivity contribution is 5.80. The van der Waals surface area contributed by atoms with Gasteiger partial charge in [-0.05, 0) is 111 Å². The number of nitrogens with two attached hydrogens (primary N) is 1. The van der Waals surface area contributed by atoms with E-state index in [1.807, 2.05) is 6.07 Å². The average Bonchev–Trinajstić information content (AvgIpc) is 3.47. The van der Waals surface area contributed by atoms with Crippen LogP contribution < -0.4 is 16.7 Å². The number of carbonyl (C=O) groups is 1. The first kappa shape index (κ1) is 25.0. The number of hydrogen-bond donors (Lipinski definition) is 3. The maximum Gasteiger partial charge on any atom is 0.335 e. The number of primary amides is 1. The van der Waals surface area contributed by atoms with Crippen LogP contribution in [0.3, 0.4) is 0 Å². The van der Waals surface area contributed by atoms with E-state index in [9.17, 15) is 14.7 Å². The second-order valence-corrected chi connectivity index (χ2v) is 12.6. The number of nitrogens with one attached hydrogen (secondary N) is 1. The Kier molecular flexibility index (Phi) is 6.67. The van der Waals surface area contributed by atoms with E-state index in [-0.39, 0.29) is 23.0 Å². The van der Waals surface area contributed by atoms with E-state index in [4.69, 9.17) is 10.2 Å². The predicted molar refractivity (Wildman–Crippen MR) is 136 cm³/mol. The van der Waals surface area contributed by atoms with Crippen LogP contribution in [0.1, 0.15) is 102 Å². The maximum atomic E-state index is 12.2. The summed E-state index contributed by atoms with van der Waals surface area (Å²) < 4.78 is 5.18. The SMILES string of the molecule is CC12CCCCC1CCC1C2CCC2(C)C(c3ccc(=O)oc3)CCC12O.NC(=O)C1CCCN1. The quantitative estimate of drug-likeness (QED) is 0.573. The molecule has 6 rings (SSSR count). The number of hydrogen-bond acceptors (Lipinski definition) is 5. The van der Waals surface area contributed by atoms with Crippen molar-refractivity contribution < 1.29 is 14.3 Å². The average molecular weight is 485 g/mol. The van der Waals surface area contributed by atoms with Gasteiger partial charge in [-0.1, -0.05) is 26.7 Å². The fraction of sp³-hybridized carbons (Fsp3) is 0.793. The molecule has 0 radical (unpaired) electrons. The predicted octanol–water partition coefficient (Wildman–Crippen LogP) is 4.49. The van der Waals surface area contributed by atoms with Crippen LogP contribution in [-0.2, 0) is 4.79 Å². The number of carbonyl (C=O) groups excluding carboxylic acids is 1. The second-order valence-electron chi connectivity index (χ2n) is 12.6. The van der Waals surface area contributed by atoms with Crippen molar-refractivity contribution in [3.8, 4) is 0 Å². The molecule has 8 unspecified atom stereocenters. The van der Waals surface area contributed by atoms with Gasteiger partial charge in [-0.15, -0.1) is 0 Å². The van der Waals surface area contributed by atoms with Crippen LogP contribution in [0.5, 0.6) is 0 Å². The molecule has 1 aliphatic heterocycles. The van der Waals surface area contributed by atoms with Crippen molar-refractivity contribution in [3.63, 3.8) is 0 Å². The molecule has 4 aliphatic carbocycles. The zero-order chi connectivity index (χ0) is 24.8. The third kappa shape index (κ3) is 4.09. The first-order chi connectivity index (χ1) is 16.7. The number of rotatable bonds is 2. The van der Waals surface area contributed by atoms with Gasteiger partial charge in [-0.25, -0.2) is 4.79 Å². The molecule has 4 saturated carbocycles. The molecule has 1 saturated heterocycles. The third-order valence-corrected chi connectivity index (χ3v) is 11.3. The summed E-state index contributed by atoms with van der Waals surface area (Å²) in [6.45, 7) is 5.81. The van der Waals surface area contributed by atoms with Crippen LogP contribution in [0.15, 0.2) is 27.6 Å². The molecule has 0 bridgehead atoms. The van der Waals surface area contributed by atoms with Gasteiger partial charge in [0, 0.05) is 11.5 Å². The molecular formula is C29H44N2O4. The Morgan fingerprint density at radius 2 is 1.83 bits per heavy atom. The van der Waals surface area contributed by atoms with Crippen molar-refractivity contribution >= 4 is 5.91 Å². The second kappa shape index (κ2) is 9.33. The van der Waals surface area contributed by atoms with Crippen LogP contribution in [0.2, 0.25) is 0 Å². The molecule has 1 amide bonds. The fourth-order valence-electron chi connectivity index (χ4n) is 9.29. The van der Waals surface area contributed by atoms with Gasteiger partial charge >= 0.3 is 5.63 Å². The Morgan fingerprint density at radius 1 is 1.00 bits per heavy atom. The molecule has 0 spiro atoms. The minimum absolute atomic E-state index is 0.0463. The van der Waals surface area contributed by atoms with Gasteiger partial charge in [-0.2, -0.15) is 0 Å². The fourth-order valence-corrected chi connectivity index (χ4v) is 9.29. The molecule has 8 atom stereocenters. The normalized spacial score (nSPS) is 44.4. The van der Waals surface area contributed by atoms with Crippen LogP contribution >= 0.6 is 0 Å².